The molecule has 2 saturated heterocycles. The first-order valence-corrected chi connectivity index (χ1v) is 9.58. The fourth-order valence-corrected chi connectivity index (χ4v) is 5.41. The number of anilines is 2. The van der Waals surface area contributed by atoms with Gasteiger partial charge in [-0.05, 0) is 43.7 Å². The Morgan fingerprint density at radius 1 is 1.24 bits per heavy atom. The van der Waals surface area contributed by atoms with Crippen molar-refractivity contribution in [3.05, 3.63) is 12.1 Å². The zero-order valence-corrected chi connectivity index (χ0v) is 14.9. The van der Waals surface area contributed by atoms with E-state index in [0.717, 1.165) is 50.3 Å². The Balaban J connectivity index is 1.32. The summed E-state index contributed by atoms with van der Waals surface area (Å²) in [6, 6.07) is 4.68. The lowest BCUT2D eigenvalue weighted by atomic mass is 9.62. The van der Waals surface area contributed by atoms with Crippen molar-refractivity contribution in [2.75, 3.05) is 50.2 Å². The molecule has 0 bridgehead atoms. The highest BCUT2D eigenvalue weighted by Gasteiger charge is 2.64. The molecule has 0 aromatic carbocycles. The van der Waals surface area contributed by atoms with Gasteiger partial charge in [0.15, 0.2) is 0 Å². The van der Waals surface area contributed by atoms with Crippen molar-refractivity contribution >= 4 is 11.5 Å². The van der Waals surface area contributed by atoms with E-state index in [1.807, 2.05) is 0 Å². The second-order valence-electron chi connectivity index (χ2n) is 7.75. The Kier molecular flexibility index (Phi) is 3.78. The van der Waals surface area contributed by atoms with Gasteiger partial charge in [0.2, 0.25) is 5.88 Å². The lowest BCUT2D eigenvalue weighted by molar-refractivity contribution is -0.117. The standard InChI is InChI=1S/C19H27N3O3/c1-23-18-16(2-3-17(21-18)22-7-10-24-11-8-22)20-15-4-6-19-13(5-9-25-19)12-14(15)19/h2-3,13-15,20H,4-12H2,1H3. The number of pyridine rings is 1. The van der Waals surface area contributed by atoms with Crippen LogP contribution >= 0.6 is 0 Å². The minimum Gasteiger partial charge on any atom is -0.479 e. The molecule has 6 heteroatoms. The zero-order valence-electron chi connectivity index (χ0n) is 14.9. The summed E-state index contributed by atoms with van der Waals surface area (Å²) in [5, 5.41) is 3.72. The number of methoxy groups -OCH3 is 1. The van der Waals surface area contributed by atoms with Crippen LogP contribution in [0.2, 0.25) is 0 Å². The van der Waals surface area contributed by atoms with Gasteiger partial charge in [0.05, 0.1) is 31.6 Å². The number of rotatable bonds is 4. The van der Waals surface area contributed by atoms with Crippen LogP contribution in [-0.2, 0) is 9.47 Å². The summed E-state index contributed by atoms with van der Waals surface area (Å²) in [6.45, 7) is 4.24. The molecule has 1 spiro atoms. The molecule has 5 rings (SSSR count). The van der Waals surface area contributed by atoms with Gasteiger partial charge in [-0.1, -0.05) is 0 Å². The first-order chi connectivity index (χ1) is 12.3. The molecule has 2 aliphatic heterocycles. The van der Waals surface area contributed by atoms with Crippen molar-refractivity contribution in [1.82, 2.24) is 4.98 Å². The zero-order chi connectivity index (χ0) is 16.9. The molecule has 25 heavy (non-hydrogen) atoms. The van der Waals surface area contributed by atoms with Crippen LogP contribution in [0.1, 0.15) is 25.7 Å². The third-order valence-electron chi connectivity index (χ3n) is 6.74. The lowest BCUT2D eigenvalue weighted by Crippen LogP contribution is -2.53. The molecule has 4 atom stereocenters. The number of ether oxygens (including phenoxy) is 3. The lowest BCUT2D eigenvalue weighted by Gasteiger charge is -2.49. The van der Waals surface area contributed by atoms with Gasteiger partial charge in [0.1, 0.15) is 5.82 Å². The number of nitrogens with zero attached hydrogens (tertiary/aromatic N) is 2. The van der Waals surface area contributed by atoms with Crippen LogP contribution < -0.4 is 15.0 Å². The van der Waals surface area contributed by atoms with Crippen LogP contribution in [0.25, 0.3) is 0 Å². The predicted molar refractivity (Wildman–Crippen MR) is 95.4 cm³/mol. The van der Waals surface area contributed by atoms with Crippen LogP contribution in [0.3, 0.4) is 0 Å². The fraction of sp³-hybridized carbons (Fsp3) is 0.737. The van der Waals surface area contributed by atoms with Gasteiger partial charge < -0.3 is 24.4 Å². The maximum atomic E-state index is 6.18. The van der Waals surface area contributed by atoms with Gasteiger partial charge in [0.25, 0.3) is 0 Å². The molecule has 4 unspecified atom stereocenters. The quantitative estimate of drug-likeness (QED) is 0.904. The van der Waals surface area contributed by atoms with Crippen LogP contribution in [-0.4, -0.2) is 56.6 Å². The van der Waals surface area contributed by atoms with Crippen LogP contribution in [0, 0.1) is 11.8 Å². The van der Waals surface area contributed by atoms with Crippen LogP contribution in [0.5, 0.6) is 5.88 Å². The van der Waals surface area contributed by atoms with E-state index >= 15 is 0 Å². The summed E-state index contributed by atoms with van der Waals surface area (Å²) in [7, 11) is 1.70. The Morgan fingerprint density at radius 2 is 2.12 bits per heavy atom. The number of hydrogen-bond donors (Lipinski definition) is 1. The number of morpholine rings is 1. The maximum absolute atomic E-state index is 6.18. The van der Waals surface area contributed by atoms with Crippen LogP contribution in [0.15, 0.2) is 12.1 Å². The topological polar surface area (TPSA) is 55.9 Å². The molecule has 0 radical (unpaired) electrons. The molecule has 4 aliphatic rings. The molecule has 4 fully saturated rings. The van der Waals surface area contributed by atoms with Gasteiger partial charge >= 0.3 is 0 Å². The molecule has 2 saturated carbocycles. The third kappa shape index (κ3) is 2.41. The molecule has 1 aromatic rings. The summed E-state index contributed by atoms with van der Waals surface area (Å²) in [4.78, 5) is 6.99. The fourth-order valence-electron chi connectivity index (χ4n) is 5.41. The molecule has 136 valence electrons. The minimum atomic E-state index is 0.187. The Labute approximate surface area is 148 Å². The van der Waals surface area contributed by atoms with Crippen molar-refractivity contribution in [3.8, 4) is 5.88 Å². The largest absolute Gasteiger partial charge is 0.479 e. The monoisotopic (exact) mass is 345 g/mol. The second kappa shape index (κ2) is 6.02. The average Bonchev–Trinajstić information content (AvgIpc) is 3.11. The highest BCUT2D eigenvalue weighted by molar-refractivity contribution is 5.58. The van der Waals surface area contributed by atoms with Gasteiger partial charge in [-0.15, -0.1) is 0 Å². The third-order valence-corrected chi connectivity index (χ3v) is 6.74. The summed E-state index contributed by atoms with van der Waals surface area (Å²) in [6.07, 6.45) is 4.93. The molecular formula is C19H27N3O3. The highest BCUT2D eigenvalue weighted by atomic mass is 16.5. The van der Waals surface area contributed by atoms with Crippen LogP contribution in [0.4, 0.5) is 11.5 Å². The number of aromatic nitrogens is 1. The minimum absolute atomic E-state index is 0.187. The van der Waals surface area contributed by atoms with E-state index in [-0.39, 0.29) is 5.60 Å². The molecule has 0 amide bonds. The average molecular weight is 345 g/mol. The van der Waals surface area contributed by atoms with Crippen molar-refractivity contribution in [2.45, 2.75) is 37.3 Å². The SMILES string of the molecule is COc1nc(N2CCOCC2)ccc1NC1CCC23OCCC2CC13. The normalized spacial score (nSPS) is 36.5. The predicted octanol–water partition coefficient (Wildman–Crippen LogP) is 2.30. The molecule has 6 nitrogen and oxygen atoms in total. The molecule has 3 heterocycles. The molecule has 1 aromatic heterocycles. The Hall–Kier alpha value is -1.53. The van der Waals surface area contributed by atoms with Crippen molar-refractivity contribution < 1.29 is 14.2 Å². The summed E-state index contributed by atoms with van der Waals surface area (Å²) in [5.74, 6) is 3.10. The first-order valence-electron chi connectivity index (χ1n) is 9.58. The molecule has 1 N–H and O–H groups in total. The van der Waals surface area contributed by atoms with Gasteiger partial charge in [-0.25, -0.2) is 0 Å². The van der Waals surface area contributed by atoms with E-state index in [4.69, 9.17) is 19.2 Å². The van der Waals surface area contributed by atoms with Crippen molar-refractivity contribution in [2.24, 2.45) is 11.8 Å². The van der Waals surface area contributed by atoms with E-state index in [1.165, 1.54) is 25.7 Å². The smallest absolute Gasteiger partial charge is 0.239 e. The number of nitrogens with one attached hydrogen (secondary N) is 1. The van der Waals surface area contributed by atoms with E-state index in [0.29, 0.717) is 17.8 Å². The second-order valence-corrected chi connectivity index (χ2v) is 7.75. The number of hydrogen-bond acceptors (Lipinski definition) is 6. The molecule has 2 aliphatic carbocycles. The molecular weight excluding hydrogens is 318 g/mol. The summed E-state index contributed by atoms with van der Waals surface area (Å²) < 4.78 is 17.2. The summed E-state index contributed by atoms with van der Waals surface area (Å²) >= 11 is 0. The maximum Gasteiger partial charge on any atom is 0.239 e. The van der Waals surface area contributed by atoms with E-state index in [2.05, 4.69) is 22.3 Å². The van der Waals surface area contributed by atoms with Crippen molar-refractivity contribution in [3.63, 3.8) is 0 Å². The van der Waals surface area contributed by atoms with E-state index in [9.17, 15) is 0 Å². The van der Waals surface area contributed by atoms with Gasteiger partial charge in [0, 0.05) is 31.7 Å². The van der Waals surface area contributed by atoms with E-state index in [1.54, 1.807) is 7.11 Å². The Bertz CT molecular complexity index is 649. The summed E-state index contributed by atoms with van der Waals surface area (Å²) in [5.41, 5.74) is 1.19. The van der Waals surface area contributed by atoms with Crippen molar-refractivity contribution in [1.29, 1.82) is 0 Å². The Morgan fingerprint density at radius 3 is 2.92 bits per heavy atom. The van der Waals surface area contributed by atoms with Gasteiger partial charge in [-0.2, -0.15) is 4.98 Å². The highest BCUT2D eigenvalue weighted by Crippen LogP contribution is 2.61. The first kappa shape index (κ1) is 15.7. The van der Waals surface area contributed by atoms with E-state index < -0.39 is 0 Å². The van der Waals surface area contributed by atoms with Gasteiger partial charge in [-0.3, -0.25) is 0 Å².